The molecule has 8 heteroatoms. The molecule has 0 aliphatic rings. The summed E-state index contributed by atoms with van der Waals surface area (Å²) in [5.41, 5.74) is 1.38. The smallest absolute Gasteiger partial charge is 0.339 e. The molecule has 0 fully saturated rings. The first-order valence-electron chi connectivity index (χ1n) is 8.55. The van der Waals surface area contributed by atoms with Gasteiger partial charge in [-0.15, -0.1) is 11.3 Å². The summed E-state index contributed by atoms with van der Waals surface area (Å²) in [5, 5.41) is 5.81. The Morgan fingerprint density at radius 1 is 0.966 bits per heavy atom. The number of benzene rings is 2. The third kappa shape index (κ3) is 4.67. The van der Waals surface area contributed by atoms with Crippen LogP contribution in [-0.4, -0.2) is 24.9 Å². The molecular formula is C21H17FN2O4S. The number of carbonyl (C=O) groups is 3. The fourth-order valence-electron chi connectivity index (χ4n) is 2.64. The molecule has 0 aliphatic carbocycles. The van der Waals surface area contributed by atoms with E-state index in [1.807, 2.05) is 0 Å². The summed E-state index contributed by atoms with van der Waals surface area (Å²) < 4.78 is 18.0. The summed E-state index contributed by atoms with van der Waals surface area (Å²) in [6.07, 6.45) is 0. The first kappa shape index (κ1) is 20.2. The SMILES string of the molecule is COC(=O)c1ccccc1NC(=O)c1sc(NC(=O)c2cccc(F)c2)cc1C. The fraction of sp³-hybridized carbons (Fsp3) is 0.0952. The van der Waals surface area contributed by atoms with E-state index in [4.69, 9.17) is 4.74 Å². The van der Waals surface area contributed by atoms with Crippen molar-refractivity contribution in [3.05, 3.63) is 82.0 Å². The van der Waals surface area contributed by atoms with Gasteiger partial charge in [-0.1, -0.05) is 18.2 Å². The predicted molar refractivity (Wildman–Crippen MR) is 109 cm³/mol. The Hall–Kier alpha value is -3.52. The van der Waals surface area contributed by atoms with Gasteiger partial charge in [-0.3, -0.25) is 9.59 Å². The standard InChI is InChI=1S/C21H17FN2O4S/c1-12-10-17(24-19(25)13-6-5-7-14(22)11-13)29-18(12)20(26)23-16-9-4-3-8-15(16)21(27)28-2/h3-11H,1-2H3,(H,23,26)(H,24,25). The lowest BCUT2D eigenvalue weighted by Gasteiger charge is -2.09. The fourth-order valence-corrected chi connectivity index (χ4v) is 3.61. The van der Waals surface area contributed by atoms with E-state index in [1.54, 1.807) is 37.3 Å². The Kier molecular flexibility index (Phi) is 6.04. The van der Waals surface area contributed by atoms with Crippen molar-refractivity contribution in [2.45, 2.75) is 6.92 Å². The molecule has 6 nitrogen and oxygen atoms in total. The maximum absolute atomic E-state index is 13.3. The number of aryl methyl sites for hydroxylation is 1. The number of para-hydroxylation sites is 1. The lowest BCUT2D eigenvalue weighted by Crippen LogP contribution is -2.15. The van der Waals surface area contributed by atoms with Gasteiger partial charge in [-0.25, -0.2) is 9.18 Å². The molecule has 0 atom stereocenters. The van der Waals surface area contributed by atoms with Crippen molar-refractivity contribution in [1.82, 2.24) is 0 Å². The molecule has 148 valence electrons. The van der Waals surface area contributed by atoms with Crippen LogP contribution in [-0.2, 0) is 4.74 Å². The molecule has 0 saturated heterocycles. The zero-order chi connectivity index (χ0) is 21.0. The maximum Gasteiger partial charge on any atom is 0.339 e. The Morgan fingerprint density at radius 2 is 1.72 bits per heavy atom. The number of halogens is 1. The Morgan fingerprint density at radius 3 is 2.45 bits per heavy atom. The lowest BCUT2D eigenvalue weighted by atomic mass is 10.1. The van der Waals surface area contributed by atoms with Gasteiger partial charge in [0.05, 0.1) is 28.2 Å². The highest BCUT2D eigenvalue weighted by molar-refractivity contribution is 7.18. The van der Waals surface area contributed by atoms with Crippen LogP contribution in [0.5, 0.6) is 0 Å². The number of amides is 2. The second-order valence-corrected chi connectivity index (χ2v) is 7.13. The molecule has 0 bridgehead atoms. The van der Waals surface area contributed by atoms with Crippen molar-refractivity contribution < 1.29 is 23.5 Å². The molecule has 0 aliphatic heterocycles. The molecule has 3 aromatic rings. The lowest BCUT2D eigenvalue weighted by molar-refractivity contribution is 0.0601. The first-order chi connectivity index (χ1) is 13.9. The molecule has 29 heavy (non-hydrogen) atoms. The molecule has 3 rings (SSSR count). The van der Waals surface area contributed by atoms with E-state index in [-0.39, 0.29) is 11.1 Å². The summed E-state index contributed by atoms with van der Waals surface area (Å²) in [5.74, 6) is -1.97. The van der Waals surface area contributed by atoms with Gasteiger partial charge in [-0.05, 0) is 48.9 Å². The van der Waals surface area contributed by atoms with Gasteiger partial charge >= 0.3 is 5.97 Å². The van der Waals surface area contributed by atoms with Crippen LogP contribution in [0.2, 0.25) is 0 Å². The molecule has 0 spiro atoms. The highest BCUT2D eigenvalue weighted by Gasteiger charge is 2.19. The summed E-state index contributed by atoms with van der Waals surface area (Å²) in [7, 11) is 1.26. The number of rotatable bonds is 5. The van der Waals surface area contributed by atoms with Crippen LogP contribution in [0, 0.1) is 12.7 Å². The highest BCUT2D eigenvalue weighted by atomic mass is 32.1. The first-order valence-corrected chi connectivity index (χ1v) is 9.36. The van der Waals surface area contributed by atoms with E-state index >= 15 is 0 Å². The van der Waals surface area contributed by atoms with Gasteiger partial charge in [0, 0.05) is 5.56 Å². The molecule has 1 aromatic heterocycles. The molecular weight excluding hydrogens is 395 g/mol. The summed E-state index contributed by atoms with van der Waals surface area (Å²) in [6, 6.07) is 13.5. The molecule has 2 amide bonds. The van der Waals surface area contributed by atoms with Crippen LogP contribution in [0.3, 0.4) is 0 Å². The van der Waals surface area contributed by atoms with E-state index in [0.29, 0.717) is 21.1 Å². The van der Waals surface area contributed by atoms with Crippen molar-refractivity contribution >= 4 is 39.8 Å². The monoisotopic (exact) mass is 412 g/mol. The summed E-state index contributed by atoms with van der Waals surface area (Å²) >= 11 is 1.08. The van der Waals surface area contributed by atoms with Gasteiger partial charge in [0.2, 0.25) is 0 Å². The third-order valence-corrected chi connectivity index (χ3v) is 5.18. The zero-order valence-corrected chi connectivity index (χ0v) is 16.4. The van der Waals surface area contributed by atoms with Crippen molar-refractivity contribution in [2.75, 3.05) is 17.7 Å². The number of hydrogen-bond acceptors (Lipinski definition) is 5. The second kappa shape index (κ2) is 8.66. The molecule has 0 saturated carbocycles. The van der Waals surface area contributed by atoms with Crippen molar-refractivity contribution in [3.8, 4) is 0 Å². The van der Waals surface area contributed by atoms with Crippen LogP contribution < -0.4 is 10.6 Å². The van der Waals surface area contributed by atoms with Gasteiger partial charge in [-0.2, -0.15) is 0 Å². The van der Waals surface area contributed by atoms with Crippen LogP contribution >= 0.6 is 11.3 Å². The summed E-state index contributed by atoms with van der Waals surface area (Å²) in [6.45, 7) is 1.73. The van der Waals surface area contributed by atoms with Gasteiger partial charge in [0.15, 0.2) is 0 Å². The average molecular weight is 412 g/mol. The van der Waals surface area contributed by atoms with E-state index in [0.717, 1.165) is 17.4 Å². The zero-order valence-electron chi connectivity index (χ0n) is 15.6. The van der Waals surface area contributed by atoms with E-state index < -0.39 is 23.6 Å². The maximum atomic E-state index is 13.3. The summed E-state index contributed by atoms with van der Waals surface area (Å²) in [4.78, 5) is 37.2. The normalized spacial score (nSPS) is 10.3. The average Bonchev–Trinajstić information content (AvgIpc) is 3.08. The number of ether oxygens (including phenoxy) is 1. The molecule has 0 unspecified atom stereocenters. The number of methoxy groups -OCH3 is 1. The molecule has 2 N–H and O–H groups in total. The minimum Gasteiger partial charge on any atom is -0.465 e. The predicted octanol–water partition coefficient (Wildman–Crippen LogP) is 4.49. The number of thiophene rings is 1. The van der Waals surface area contributed by atoms with E-state index in [9.17, 15) is 18.8 Å². The largest absolute Gasteiger partial charge is 0.465 e. The minimum atomic E-state index is -0.563. The number of nitrogens with one attached hydrogen (secondary N) is 2. The Bertz CT molecular complexity index is 1090. The van der Waals surface area contributed by atoms with Gasteiger partial charge < -0.3 is 15.4 Å². The van der Waals surface area contributed by atoms with E-state index in [2.05, 4.69) is 10.6 Å². The Balaban J connectivity index is 1.77. The van der Waals surface area contributed by atoms with Crippen molar-refractivity contribution in [1.29, 1.82) is 0 Å². The number of esters is 1. The molecule has 1 heterocycles. The van der Waals surface area contributed by atoms with Crippen LogP contribution in [0.4, 0.5) is 15.1 Å². The van der Waals surface area contributed by atoms with E-state index in [1.165, 1.54) is 25.3 Å². The third-order valence-electron chi connectivity index (χ3n) is 4.03. The quantitative estimate of drug-likeness (QED) is 0.605. The molecule has 0 radical (unpaired) electrons. The number of carbonyl (C=O) groups excluding carboxylic acids is 3. The van der Waals surface area contributed by atoms with Gasteiger partial charge in [0.25, 0.3) is 11.8 Å². The van der Waals surface area contributed by atoms with Crippen molar-refractivity contribution in [3.63, 3.8) is 0 Å². The van der Waals surface area contributed by atoms with Gasteiger partial charge in [0.1, 0.15) is 5.82 Å². The number of hydrogen-bond donors (Lipinski definition) is 2. The number of anilines is 2. The second-order valence-electron chi connectivity index (χ2n) is 6.08. The van der Waals surface area contributed by atoms with Crippen LogP contribution in [0.25, 0.3) is 0 Å². The molecule has 2 aromatic carbocycles. The minimum absolute atomic E-state index is 0.175. The van der Waals surface area contributed by atoms with Crippen LogP contribution in [0.1, 0.15) is 36.0 Å². The van der Waals surface area contributed by atoms with Crippen LogP contribution in [0.15, 0.2) is 54.6 Å². The van der Waals surface area contributed by atoms with Crippen molar-refractivity contribution in [2.24, 2.45) is 0 Å². The Labute approximate surface area is 170 Å². The highest BCUT2D eigenvalue weighted by Crippen LogP contribution is 2.28. The topological polar surface area (TPSA) is 84.5 Å².